The van der Waals surface area contributed by atoms with Crippen molar-refractivity contribution in [2.45, 2.75) is 92.0 Å². The van der Waals surface area contributed by atoms with Crippen molar-refractivity contribution in [1.29, 1.82) is 0 Å². The fourth-order valence-corrected chi connectivity index (χ4v) is 10.7. The van der Waals surface area contributed by atoms with E-state index < -0.39 is 15.8 Å². The van der Waals surface area contributed by atoms with Crippen molar-refractivity contribution in [3.63, 3.8) is 0 Å². The van der Waals surface area contributed by atoms with Crippen LogP contribution >= 0.6 is 11.2 Å². The zero-order chi connectivity index (χ0) is 18.4. The lowest BCUT2D eigenvalue weighted by molar-refractivity contribution is 0.163. The second-order valence-electron chi connectivity index (χ2n) is 9.22. The van der Waals surface area contributed by atoms with Gasteiger partial charge in [0.05, 0.1) is 0 Å². The highest BCUT2D eigenvalue weighted by molar-refractivity contribution is 8.29. The van der Waals surface area contributed by atoms with E-state index in [4.69, 9.17) is 8.85 Å². The molecule has 0 aromatic heterocycles. The molecule has 0 fully saturated rings. The Morgan fingerprint density at radius 3 is 1.61 bits per heavy atom. The Morgan fingerprint density at radius 1 is 0.826 bits per heavy atom. The van der Waals surface area contributed by atoms with Gasteiger partial charge in [0.25, 0.3) is 0 Å². The first-order valence-electron chi connectivity index (χ1n) is 9.20. The molecule has 0 atom stereocenters. The molecule has 0 rings (SSSR count). The molecule has 23 heavy (non-hydrogen) atoms. The molecule has 0 N–H and O–H groups in total. The van der Waals surface area contributed by atoms with Crippen molar-refractivity contribution in [1.82, 2.24) is 0 Å². The maximum Gasteiger partial charge on any atom is 0.335 e. The molecule has 0 amide bonds. The summed E-state index contributed by atoms with van der Waals surface area (Å²) in [6.45, 7) is 25.3. The normalized spacial score (nSPS) is 14.3. The SMILES string of the molecule is CCCO[Si](C)(CC(C)(C)CS[Si](C)(C)C(C)(C)C)OCCC. The average Bonchev–Trinajstić information content (AvgIpc) is 2.39. The van der Waals surface area contributed by atoms with Gasteiger partial charge >= 0.3 is 8.56 Å². The van der Waals surface area contributed by atoms with Gasteiger partial charge in [0.2, 0.25) is 0 Å². The van der Waals surface area contributed by atoms with Gasteiger partial charge in [-0.3, -0.25) is 0 Å². The molecule has 0 aliphatic heterocycles. The monoisotopic (exact) mass is 378 g/mol. The summed E-state index contributed by atoms with van der Waals surface area (Å²) in [5, 5.41) is 0.436. The van der Waals surface area contributed by atoms with Gasteiger partial charge in [0.1, 0.15) is 7.22 Å². The second kappa shape index (κ2) is 9.41. The highest BCUT2D eigenvalue weighted by atomic mass is 32.4. The van der Waals surface area contributed by atoms with Crippen LogP contribution in [0.3, 0.4) is 0 Å². The van der Waals surface area contributed by atoms with E-state index in [-0.39, 0.29) is 5.41 Å². The number of hydrogen-bond acceptors (Lipinski definition) is 3. The van der Waals surface area contributed by atoms with Crippen molar-refractivity contribution < 1.29 is 8.85 Å². The molecule has 0 aliphatic carbocycles. The summed E-state index contributed by atoms with van der Waals surface area (Å²) in [6, 6.07) is 1.08. The molecule has 0 spiro atoms. The van der Waals surface area contributed by atoms with E-state index >= 15 is 0 Å². The van der Waals surface area contributed by atoms with Crippen LogP contribution in [0.1, 0.15) is 61.3 Å². The third-order valence-electron chi connectivity index (χ3n) is 4.65. The van der Waals surface area contributed by atoms with Gasteiger partial charge in [0.15, 0.2) is 0 Å². The molecule has 0 aliphatic rings. The average molecular weight is 379 g/mol. The van der Waals surface area contributed by atoms with Gasteiger partial charge in [-0.2, -0.15) is 11.2 Å². The van der Waals surface area contributed by atoms with Gasteiger partial charge in [-0.25, -0.2) is 0 Å². The van der Waals surface area contributed by atoms with Crippen LogP contribution in [-0.4, -0.2) is 34.8 Å². The summed E-state index contributed by atoms with van der Waals surface area (Å²) in [6.07, 6.45) is 2.13. The zero-order valence-electron chi connectivity index (χ0n) is 17.5. The van der Waals surface area contributed by atoms with Crippen LogP contribution in [-0.2, 0) is 8.85 Å². The minimum Gasteiger partial charge on any atom is -0.394 e. The Labute approximate surface area is 152 Å². The molecule has 0 radical (unpaired) electrons. The van der Waals surface area contributed by atoms with E-state index in [1.165, 1.54) is 5.75 Å². The third-order valence-corrected chi connectivity index (χ3v) is 17.6. The maximum atomic E-state index is 6.23. The Morgan fingerprint density at radius 2 is 1.26 bits per heavy atom. The quantitative estimate of drug-likeness (QED) is 0.374. The highest BCUT2D eigenvalue weighted by Gasteiger charge is 2.41. The molecule has 0 bridgehead atoms. The Hall–Kier alpha value is 0.704. The van der Waals surface area contributed by atoms with E-state index in [1.54, 1.807) is 0 Å². The largest absolute Gasteiger partial charge is 0.394 e. The summed E-state index contributed by atoms with van der Waals surface area (Å²) in [7, 11) is -3.36. The second-order valence-corrected chi connectivity index (χ2v) is 21.4. The van der Waals surface area contributed by atoms with Crippen LogP contribution in [0.4, 0.5) is 0 Å². The van der Waals surface area contributed by atoms with Gasteiger partial charge in [-0.05, 0) is 41.6 Å². The molecule has 0 unspecified atom stereocenters. The molecule has 0 saturated carbocycles. The summed E-state index contributed by atoms with van der Waals surface area (Å²) in [5.74, 6) is 1.21. The van der Waals surface area contributed by atoms with E-state index in [9.17, 15) is 0 Å². The van der Waals surface area contributed by atoms with Crippen LogP contribution in [0, 0.1) is 5.41 Å². The van der Waals surface area contributed by atoms with Crippen molar-refractivity contribution >= 4 is 27.0 Å². The lowest BCUT2D eigenvalue weighted by Gasteiger charge is -2.40. The molecule has 0 aromatic carbocycles. The van der Waals surface area contributed by atoms with Crippen molar-refractivity contribution in [2.24, 2.45) is 5.41 Å². The first kappa shape index (κ1) is 23.7. The molecular weight excluding hydrogens is 336 g/mol. The standard InChI is InChI=1S/C18H42O2SSi2/c1-11-13-19-23(10,20-14-12-2)16-18(6,7)15-21-22(8,9)17(3,4)5/h11-16H2,1-10H3. The Bertz CT molecular complexity index is 330. The minimum absolute atomic E-state index is 0.267. The molecule has 5 heteroatoms. The topological polar surface area (TPSA) is 18.5 Å². The Balaban J connectivity index is 4.82. The number of rotatable bonds is 11. The van der Waals surface area contributed by atoms with Gasteiger partial charge < -0.3 is 8.85 Å². The predicted molar refractivity (Wildman–Crippen MR) is 112 cm³/mol. The lowest BCUT2D eigenvalue weighted by atomic mass is 10.00. The van der Waals surface area contributed by atoms with Crippen molar-refractivity contribution in [3.8, 4) is 0 Å². The van der Waals surface area contributed by atoms with Crippen LogP contribution in [0.5, 0.6) is 0 Å². The van der Waals surface area contributed by atoms with Gasteiger partial charge in [-0.1, -0.05) is 61.6 Å². The maximum absolute atomic E-state index is 6.23. The molecule has 0 aromatic rings. The van der Waals surface area contributed by atoms with Crippen LogP contribution in [0.25, 0.3) is 0 Å². The molecule has 0 saturated heterocycles. The third kappa shape index (κ3) is 9.10. The van der Waals surface area contributed by atoms with Crippen LogP contribution in [0.2, 0.25) is 30.7 Å². The van der Waals surface area contributed by atoms with E-state index in [0.29, 0.717) is 5.04 Å². The fourth-order valence-electron chi connectivity index (χ4n) is 2.29. The van der Waals surface area contributed by atoms with E-state index in [2.05, 4.69) is 79.3 Å². The van der Waals surface area contributed by atoms with E-state index in [1.807, 2.05) is 0 Å². The smallest absolute Gasteiger partial charge is 0.335 e. The van der Waals surface area contributed by atoms with Gasteiger partial charge in [0, 0.05) is 13.2 Å². The zero-order valence-corrected chi connectivity index (χ0v) is 20.3. The van der Waals surface area contributed by atoms with Crippen LogP contribution in [0.15, 0.2) is 0 Å². The molecular formula is C18H42O2SSi2. The molecule has 0 heterocycles. The summed E-state index contributed by atoms with van der Waals surface area (Å²) in [4.78, 5) is 0. The fraction of sp³-hybridized carbons (Fsp3) is 1.00. The number of hydrogen-bond donors (Lipinski definition) is 0. The first-order chi connectivity index (χ1) is 10.3. The first-order valence-corrected chi connectivity index (χ1v) is 16.4. The summed E-state index contributed by atoms with van der Waals surface area (Å²) < 4.78 is 12.5. The van der Waals surface area contributed by atoms with Gasteiger partial charge in [-0.15, -0.1) is 0 Å². The highest BCUT2D eigenvalue weighted by Crippen LogP contribution is 2.46. The molecule has 140 valence electrons. The van der Waals surface area contributed by atoms with Crippen molar-refractivity contribution in [3.05, 3.63) is 0 Å². The van der Waals surface area contributed by atoms with Crippen LogP contribution < -0.4 is 0 Å². The van der Waals surface area contributed by atoms with E-state index in [0.717, 1.165) is 32.1 Å². The van der Waals surface area contributed by atoms with Crippen molar-refractivity contribution in [2.75, 3.05) is 19.0 Å². The summed E-state index contributed by atoms with van der Waals surface area (Å²) in [5.41, 5.74) is 0.267. The predicted octanol–water partition coefficient (Wildman–Crippen LogP) is 6.68. The minimum atomic E-state index is -2.07. The Kier molecular flexibility index (Phi) is 9.70. The lowest BCUT2D eigenvalue weighted by Crippen LogP contribution is -2.44. The molecule has 2 nitrogen and oxygen atoms in total. The summed E-state index contributed by atoms with van der Waals surface area (Å²) >= 11 is 2.23.